The van der Waals surface area contributed by atoms with Crippen LogP contribution in [0, 0.1) is 24.0 Å². The van der Waals surface area contributed by atoms with Gasteiger partial charge in [-0.05, 0) is 19.9 Å². The lowest BCUT2D eigenvalue weighted by Crippen LogP contribution is -2.07. The number of hydrogen-bond acceptors (Lipinski definition) is 6. The van der Waals surface area contributed by atoms with E-state index in [1.807, 2.05) is 0 Å². The van der Waals surface area contributed by atoms with E-state index in [0.717, 1.165) is 0 Å². The number of carbonyl (C=O) groups is 1. The van der Waals surface area contributed by atoms with E-state index >= 15 is 0 Å². The van der Waals surface area contributed by atoms with Crippen molar-refractivity contribution in [3.05, 3.63) is 39.2 Å². The van der Waals surface area contributed by atoms with Gasteiger partial charge in [-0.25, -0.2) is 14.5 Å². The molecule has 20 heavy (non-hydrogen) atoms. The summed E-state index contributed by atoms with van der Waals surface area (Å²) in [4.78, 5) is 25.0. The Kier molecular flexibility index (Phi) is 3.10. The van der Waals surface area contributed by atoms with Crippen LogP contribution in [0.4, 0.5) is 11.5 Å². The highest BCUT2D eigenvalue weighted by molar-refractivity contribution is 5.90. The molecular formula is C11H11N5O4. The summed E-state index contributed by atoms with van der Waals surface area (Å²) in [5, 5.41) is 23.8. The first-order valence-corrected chi connectivity index (χ1v) is 5.53. The van der Waals surface area contributed by atoms with Crippen LogP contribution in [0.1, 0.15) is 21.7 Å². The van der Waals surface area contributed by atoms with Gasteiger partial charge in [0, 0.05) is 6.07 Å². The predicted octanol–water partition coefficient (Wildman–Crippen LogP) is 1.07. The number of carboxylic acids is 1. The van der Waals surface area contributed by atoms with Crippen molar-refractivity contribution >= 4 is 17.5 Å². The minimum Gasteiger partial charge on any atom is -0.478 e. The summed E-state index contributed by atoms with van der Waals surface area (Å²) in [7, 11) is 0. The van der Waals surface area contributed by atoms with Crippen LogP contribution in [0.5, 0.6) is 0 Å². The van der Waals surface area contributed by atoms with Gasteiger partial charge in [0.25, 0.3) is 0 Å². The highest BCUT2D eigenvalue weighted by Gasteiger charge is 2.20. The zero-order valence-corrected chi connectivity index (χ0v) is 10.7. The maximum Gasteiger partial charge on any atom is 0.339 e. The number of nitrogens with two attached hydrogens (primary N) is 1. The van der Waals surface area contributed by atoms with E-state index in [4.69, 9.17) is 10.8 Å². The van der Waals surface area contributed by atoms with Gasteiger partial charge in [-0.2, -0.15) is 5.10 Å². The van der Waals surface area contributed by atoms with Crippen molar-refractivity contribution in [1.82, 2.24) is 14.8 Å². The molecule has 0 aliphatic heterocycles. The molecule has 0 radical (unpaired) electrons. The van der Waals surface area contributed by atoms with Crippen molar-refractivity contribution in [2.24, 2.45) is 0 Å². The number of pyridine rings is 1. The number of nitrogens with zero attached hydrogens (tertiary/aromatic N) is 4. The Morgan fingerprint density at radius 3 is 2.55 bits per heavy atom. The van der Waals surface area contributed by atoms with E-state index in [1.165, 1.54) is 16.8 Å². The first kappa shape index (κ1) is 13.5. The minimum absolute atomic E-state index is 0.0729. The highest BCUT2D eigenvalue weighted by atomic mass is 16.6. The van der Waals surface area contributed by atoms with Gasteiger partial charge in [0.2, 0.25) is 5.82 Å². The molecule has 0 atom stereocenters. The Bertz CT molecular complexity index is 722. The Labute approximate surface area is 112 Å². The highest BCUT2D eigenvalue weighted by Crippen LogP contribution is 2.22. The Hall–Kier alpha value is -2.97. The second-order valence-electron chi connectivity index (χ2n) is 4.09. The van der Waals surface area contributed by atoms with E-state index in [9.17, 15) is 14.9 Å². The second kappa shape index (κ2) is 4.61. The maximum absolute atomic E-state index is 11.1. The van der Waals surface area contributed by atoms with Crippen molar-refractivity contribution in [3.8, 4) is 5.82 Å². The fourth-order valence-corrected chi connectivity index (χ4v) is 1.90. The summed E-state index contributed by atoms with van der Waals surface area (Å²) in [6.07, 6.45) is 0. The van der Waals surface area contributed by atoms with Gasteiger partial charge < -0.3 is 10.8 Å². The zero-order valence-electron chi connectivity index (χ0n) is 10.7. The zero-order chi connectivity index (χ0) is 15.0. The molecule has 3 N–H and O–H groups in total. The lowest BCUT2D eigenvalue weighted by molar-refractivity contribution is -0.384. The maximum atomic E-state index is 11.1. The molecule has 0 aliphatic carbocycles. The fourth-order valence-electron chi connectivity index (χ4n) is 1.90. The van der Waals surface area contributed by atoms with Crippen LogP contribution in [0.2, 0.25) is 0 Å². The van der Waals surface area contributed by atoms with Crippen LogP contribution in [0.3, 0.4) is 0 Å². The quantitative estimate of drug-likeness (QED) is 0.632. The Balaban J connectivity index is 2.58. The van der Waals surface area contributed by atoms with E-state index in [-0.39, 0.29) is 22.9 Å². The number of hydrogen-bond donors (Lipinski definition) is 2. The lowest BCUT2D eigenvalue weighted by atomic mass is 10.2. The van der Waals surface area contributed by atoms with Gasteiger partial charge in [-0.3, -0.25) is 10.1 Å². The molecule has 2 rings (SSSR count). The van der Waals surface area contributed by atoms with Crippen LogP contribution in [0.15, 0.2) is 12.1 Å². The molecule has 0 saturated carbocycles. The molecule has 0 unspecified atom stereocenters. The molecule has 0 spiro atoms. The molecule has 2 heterocycles. The number of anilines is 1. The summed E-state index contributed by atoms with van der Waals surface area (Å²) in [6.45, 7) is 3.13. The van der Waals surface area contributed by atoms with Gasteiger partial charge in [0.1, 0.15) is 5.56 Å². The van der Waals surface area contributed by atoms with Crippen LogP contribution in [0.25, 0.3) is 5.82 Å². The summed E-state index contributed by atoms with van der Waals surface area (Å²) >= 11 is 0. The van der Waals surface area contributed by atoms with Crippen molar-refractivity contribution in [1.29, 1.82) is 0 Å². The smallest absolute Gasteiger partial charge is 0.339 e. The first-order chi connectivity index (χ1) is 9.32. The lowest BCUT2D eigenvalue weighted by Gasteiger charge is -2.04. The first-order valence-electron chi connectivity index (χ1n) is 5.53. The van der Waals surface area contributed by atoms with Crippen molar-refractivity contribution in [3.63, 3.8) is 0 Å². The van der Waals surface area contributed by atoms with Crippen LogP contribution < -0.4 is 5.73 Å². The molecule has 0 aromatic carbocycles. The number of carboxylic acid groups (broad SMARTS) is 1. The molecule has 0 amide bonds. The predicted molar refractivity (Wildman–Crippen MR) is 68.9 cm³/mol. The topological polar surface area (TPSA) is 137 Å². The molecule has 0 aliphatic rings. The monoisotopic (exact) mass is 277 g/mol. The van der Waals surface area contributed by atoms with Gasteiger partial charge in [-0.15, -0.1) is 0 Å². The average molecular weight is 277 g/mol. The summed E-state index contributed by atoms with van der Waals surface area (Å²) in [5.74, 6) is -1.13. The molecular weight excluding hydrogens is 266 g/mol. The van der Waals surface area contributed by atoms with E-state index in [2.05, 4.69) is 10.1 Å². The summed E-state index contributed by atoms with van der Waals surface area (Å²) in [6, 6.07) is 2.56. The summed E-state index contributed by atoms with van der Waals surface area (Å²) < 4.78 is 1.29. The molecule has 0 fully saturated rings. The third-order valence-corrected chi connectivity index (χ3v) is 2.81. The number of nitrogen functional groups attached to an aromatic ring is 1. The fraction of sp³-hybridized carbons (Fsp3) is 0.182. The van der Waals surface area contributed by atoms with Gasteiger partial charge in [-0.1, -0.05) is 0 Å². The molecule has 104 valence electrons. The number of aryl methyl sites for hydroxylation is 1. The molecule has 9 heteroatoms. The molecule has 9 nitrogen and oxygen atoms in total. The summed E-state index contributed by atoms with van der Waals surface area (Å²) in [5.41, 5.74) is 5.96. The number of aromatic nitrogens is 3. The average Bonchev–Trinajstić information content (AvgIpc) is 2.64. The Morgan fingerprint density at radius 1 is 1.45 bits per heavy atom. The van der Waals surface area contributed by atoms with Crippen LogP contribution in [-0.2, 0) is 0 Å². The standard InChI is InChI=1S/C11H11N5O4/c1-5-9(11(17)18)6(2)15(14-5)8-4-3-7(16(19)20)10(12)13-8/h3-4H,1-2H3,(H2,12,13)(H,17,18). The number of rotatable bonds is 3. The molecule has 2 aromatic heterocycles. The van der Waals surface area contributed by atoms with Crippen molar-refractivity contribution < 1.29 is 14.8 Å². The van der Waals surface area contributed by atoms with Crippen LogP contribution in [-0.4, -0.2) is 30.8 Å². The van der Waals surface area contributed by atoms with Gasteiger partial charge in [0.05, 0.1) is 16.3 Å². The Morgan fingerprint density at radius 2 is 2.10 bits per heavy atom. The molecule has 0 saturated heterocycles. The largest absolute Gasteiger partial charge is 0.478 e. The number of aromatic carboxylic acids is 1. The minimum atomic E-state index is -1.10. The van der Waals surface area contributed by atoms with E-state index in [0.29, 0.717) is 11.4 Å². The van der Waals surface area contributed by atoms with Gasteiger partial charge >= 0.3 is 11.7 Å². The van der Waals surface area contributed by atoms with Crippen molar-refractivity contribution in [2.75, 3.05) is 5.73 Å². The third-order valence-electron chi connectivity index (χ3n) is 2.81. The van der Waals surface area contributed by atoms with Crippen molar-refractivity contribution in [2.45, 2.75) is 13.8 Å². The number of nitro groups is 1. The SMILES string of the molecule is Cc1nn(-c2ccc([N+](=O)[O-])c(N)n2)c(C)c1C(=O)O. The van der Waals surface area contributed by atoms with E-state index < -0.39 is 10.9 Å². The normalized spacial score (nSPS) is 10.5. The molecule has 2 aromatic rings. The van der Waals surface area contributed by atoms with Crippen LogP contribution >= 0.6 is 0 Å². The molecule has 0 bridgehead atoms. The second-order valence-corrected chi connectivity index (χ2v) is 4.09. The third kappa shape index (κ3) is 2.05. The van der Waals surface area contributed by atoms with Gasteiger partial charge in [0.15, 0.2) is 5.82 Å². The van der Waals surface area contributed by atoms with E-state index in [1.54, 1.807) is 13.8 Å².